The summed E-state index contributed by atoms with van der Waals surface area (Å²) in [6.07, 6.45) is 11.3. The molecule has 0 atom stereocenters. The van der Waals surface area contributed by atoms with Gasteiger partial charge in [-0.15, -0.1) is 0 Å². The maximum atomic E-state index is 12.5. The molecule has 1 saturated carbocycles. The second-order valence-corrected chi connectivity index (χ2v) is 8.88. The number of fused-ring (bicyclic) bond motifs is 1. The van der Waals surface area contributed by atoms with Gasteiger partial charge in [-0.2, -0.15) is 0 Å². The molecule has 5 rings (SSSR count). The van der Waals surface area contributed by atoms with Crippen molar-refractivity contribution in [3.05, 3.63) is 71.7 Å². The average molecular weight is 417 g/mol. The number of nitrogens with zero attached hydrogens (tertiary/aromatic N) is 3. The van der Waals surface area contributed by atoms with Gasteiger partial charge in [-0.3, -0.25) is 9.59 Å². The van der Waals surface area contributed by atoms with Crippen LogP contribution in [0.3, 0.4) is 0 Å². The minimum atomic E-state index is -0.0863. The van der Waals surface area contributed by atoms with Crippen LogP contribution in [0, 0.1) is 5.92 Å². The summed E-state index contributed by atoms with van der Waals surface area (Å²) in [5, 5.41) is 2.98. The van der Waals surface area contributed by atoms with E-state index in [9.17, 15) is 9.59 Å². The molecule has 2 aliphatic rings. The van der Waals surface area contributed by atoms with Crippen LogP contribution in [-0.2, 0) is 11.3 Å². The van der Waals surface area contributed by atoms with Gasteiger partial charge in [-0.05, 0) is 54.2 Å². The lowest BCUT2D eigenvalue weighted by atomic mass is 9.90. The first-order chi connectivity index (χ1) is 15.2. The van der Waals surface area contributed by atoms with Gasteiger partial charge in [0.1, 0.15) is 5.65 Å². The Hall–Kier alpha value is -3.15. The van der Waals surface area contributed by atoms with Gasteiger partial charge in [-0.1, -0.05) is 25.0 Å². The Labute approximate surface area is 182 Å². The first kappa shape index (κ1) is 19.8. The predicted octanol–water partition coefficient (Wildman–Crippen LogP) is 3.77. The van der Waals surface area contributed by atoms with Crippen molar-refractivity contribution in [1.82, 2.24) is 19.6 Å². The second-order valence-electron chi connectivity index (χ2n) is 8.88. The summed E-state index contributed by atoms with van der Waals surface area (Å²) in [5.74, 6) is 1.21. The Morgan fingerprint density at radius 1 is 1.03 bits per heavy atom. The zero-order chi connectivity index (χ0) is 21.2. The van der Waals surface area contributed by atoms with E-state index in [0.29, 0.717) is 29.9 Å². The van der Waals surface area contributed by atoms with E-state index in [1.165, 1.54) is 31.2 Å². The van der Waals surface area contributed by atoms with Crippen molar-refractivity contribution in [2.45, 2.75) is 44.6 Å². The third-order valence-corrected chi connectivity index (χ3v) is 6.73. The van der Waals surface area contributed by atoms with Gasteiger partial charge in [0.25, 0.3) is 5.91 Å². The standard InChI is InChI=1S/C25H28N4O2/c30-24(14-18-3-1-2-4-18)29-16-22(17-29)20-5-7-21(8-6-20)25(31)27-15-19-9-11-28-12-10-26-23(28)13-19/h5-13,18,22H,1-4,14-17H2,(H,27,31). The van der Waals surface area contributed by atoms with Gasteiger partial charge in [0.2, 0.25) is 5.91 Å². The minimum Gasteiger partial charge on any atom is -0.348 e. The van der Waals surface area contributed by atoms with E-state index in [1.807, 2.05) is 58.1 Å². The van der Waals surface area contributed by atoms with E-state index in [2.05, 4.69) is 10.3 Å². The van der Waals surface area contributed by atoms with Gasteiger partial charge in [0.15, 0.2) is 0 Å². The van der Waals surface area contributed by atoms with Crippen molar-refractivity contribution in [2.75, 3.05) is 13.1 Å². The molecule has 0 radical (unpaired) electrons. The molecule has 1 aliphatic carbocycles. The number of amides is 2. The number of hydrogen-bond donors (Lipinski definition) is 1. The molecule has 3 heterocycles. The zero-order valence-corrected chi connectivity index (χ0v) is 17.7. The van der Waals surface area contributed by atoms with E-state index >= 15 is 0 Å². The molecule has 1 aromatic carbocycles. The molecule has 3 aromatic rings. The molecule has 160 valence electrons. The highest BCUT2D eigenvalue weighted by Crippen LogP contribution is 2.32. The van der Waals surface area contributed by atoms with Crippen LogP contribution in [0.5, 0.6) is 0 Å². The average Bonchev–Trinajstić information content (AvgIpc) is 3.43. The molecular formula is C25H28N4O2. The first-order valence-electron chi connectivity index (χ1n) is 11.2. The summed E-state index contributed by atoms with van der Waals surface area (Å²) in [7, 11) is 0. The number of imidazole rings is 1. The molecule has 6 nitrogen and oxygen atoms in total. The number of aromatic nitrogens is 2. The summed E-state index contributed by atoms with van der Waals surface area (Å²) in [6.45, 7) is 2.06. The van der Waals surface area contributed by atoms with Crippen molar-refractivity contribution in [1.29, 1.82) is 0 Å². The van der Waals surface area contributed by atoms with Crippen LogP contribution in [0.25, 0.3) is 5.65 Å². The summed E-state index contributed by atoms with van der Waals surface area (Å²) >= 11 is 0. The smallest absolute Gasteiger partial charge is 0.251 e. The molecular weight excluding hydrogens is 388 g/mol. The number of benzene rings is 1. The van der Waals surface area contributed by atoms with Crippen LogP contribution in [0.2, 0.25) is 0 Å². The first-order valence-corrected chi connectivity index (χ1v) is 11.2. The topological polar surface area (TPSA) is 66.7 Å². The zero-order valence-electron chi connectivity index (χ0n) is 17.7. The molecule has 0 bridgehead atoms. The van der Waals surface area contributed by atoms with Crippen LogP contribution in [0.15, 0.2) is 55.0 Å². The lowest BCUT2D eigenvalue weighted by molar-refractivity contribution is -0.136. The summed E-state index contributed by atoms with van der Waals surface area (Å²) in [5.41, 5.74) is 3.73. The Morgan fingerprint density at radius 2 is 1.81 bits per heavy atom. The number of hydrogen-bond acceptors (Lipinski definition) is 3. The number of rotatable bonds is 6. The normalized spacial score (nSPS) is 17.1. The molecule has 1 saturated heterocycles. The molecule has 0 spiro atoms. The number of carbonyl (C=O) groups is 2. The number of carbonyl (C=O) groups excluding carboxylic acids is 2. The third kappa shape index (κ3) is 4.33. The summed E-state index contributed by atoms with van der Waals surface area (Å²) in [6, 6.07) is 11.8. The van der Waals surface area contributed by atoms with Crippen molar-refractivity contribution in [3.63, 3.8) is 0 Å². The fourth-order valence-electron chi connectivity index (χ4n) is 4.74. The monoisotopic (exact) mass is 416 g/mol. The Balaban J connectivity index is 1.11. The van der Waals surface area contributed by atoms with Crippen LogP contribution < -0.4 is 5.32 Å². The van der Waals surface area contributed by atoms with Crippen LogP contribution in [-0.4, -0.2) is 39.2 Å². The fraction of sp³-hybridized carbons (Fsp3) is 0.400. The second kappa shape index (κ2) is 8.53. The van der Waals surface area contributed by atoms with Crippen molar-refractivity contribution >= 4 is 17.5 Å². The van der Waals surface area contributed by atoms with Crippen LogP contribution in [0.4, 0.5) is 0 Å². The number of nitrogens with one attached hydrogen (secondary N) is 1. The fourth-order valence-corrected chi connectivity index (χ4v) is 4.74. The van der Waals surface area contributed by atoms with Gasteiger partial charge in [0.05, 0.1) is 0 Å². The third-order valence-electron chi connectivity index (χ3n) is 6.73. The molecule has 2 amide bonds. The largest absolute Gasteiger partial charge is 0.348 e. The summed E-state index contributed by atoms with van der Waals surface area (Å²) in [4.78, 5) is 31.2. The van der Waals surface area contributed by atoms with Crippen molar-refractivity contribution in [3.8, 4) is 0 Å². The lowest BCUT2D eigenvalue weighted by Gasteiger charge is -2.40. The number of likely N-dealkylation sites (tertiary alicyclic amines) is 1. The number of pyridine rings is 1. The van der Waals surface area contributed by atoms with E-state index in [1.54, 1.807) is 6.20 Å². The van der Waals surface area contributed by atoms with Gasteiger partial charge >= 0.3 is 0 Å². The van der Waals surface area contributed by atoms with Gasteiger partial charge < -0.3 is 14.6 Å². The molecule has 1 aliphatic heterocycles. The van der Waals surface area contributed by atoms with E-state index in [0.717, 1.165) is 30.7 Å². The molecule has 31 heavy (non-hydrogen) atoms. The molecule has 0 unspecified atom stereocenters. The quantitative estimate of drug-likeness (QED) is 0.665. The van der Waals surface area contributed by atoms with E-state index in [4.69, 9.17) is 0 Å². The Morgan fingerprint density at radius 3 is 2.58 bits per heavy atom. The van der Waals surface area contributed by atoms with Gasteiger partial charge in [0, 0.05) is 56.1 Å². The van der Waals surface area contributed by atoms with E-state index in [-0.39, 0.29) is 5.91 Å². The Kier molecular flexibility index (Phi) is 5.45. The highest BCUT2D eigenvalue weighted by Gasteiger charge is 2.33. The van der Waals surface area contributed by atoms with Crippen molar-refractivity contribution in [2.24, 2.45) is 5.92 Å². The highest BCUT2D eigenvalue weighted by atomic mass is 16.2. The van der Waals surface area contributed by atoms with E-state index < -0.39 is 0 Å². The minimum absolute atomic E-state index is 0.0863. The SMILES string of the molecule is O=C(NCc1ccn2ccnc2c1)c1ccc(C2CN(C(=O)CC3CCCC3)C2)cc1. The predicted molar refractivity (Wildman–Crippen MR) is 119 cm³/mol. The summed E-state index contributed by atoms with van der Waals surface area (Å²) < 4.78 is 1.94. The molecule has 6 heteroatoms. The maximum absolute atomic E-state index is 12.5. The van der Waals surface area contributed by atoms with Crippen LogP contribution in [0.1, 0.15) is 59.5 Å². The van der Waals surface area contributed by atoms with Crippen LogP contribution >= 0.6 is 0 Å². The lowest BCUT2D eigenvalue weighted by Crippen LogP contribution is -2.48. The highest BCUT2D eigenvalue weighted by molar-refractivity contribution is 5.94. The molecule has 2 fully saturated rings. The van der Waals surface area contributed by atoms with Gasteiger partial charge in [-0.25, -0.2) is 4.98 Å². The molecule has 1 N–H and O–H groups in total. The maximum Gasteiger partial charge on any atom is 0.251 e. The molecule has 2 aromatic heterocycles. The van der Waals surface area contributed by atoms with Crippen molar-refractivity contribution < 1.29 is 9.59 Å². The Bertz CT molecular complexity index is 1080.